The van der Waals surface area contributed by atoms with E-state index < -0.39 is 15.0 Å². The number of nitrogens with zero attached hydrogens (tertiary/aromatic N) is 3. The molecule has 7 nitrogen and oxygen atoms in total. The summed E-state index contributed by atoms with van der Waals surface area (Å²) in [6.45, 7) is 0.634. The Hall–Kier alpha value is -2.57. The van der Waals surface area contributed by atoms with Crippen molar-refractivity contribution in [3.63, 3.8) is 0 Å². The molecule has 0 unspecified atom stereocenters. The number of benzene rings is 1. The number of nitrogens with one attached hydrogen (secondary N) is 1. The fraction of sp³-hybridized carbons (Fsp3) is 0.188. The molecule has 0 saturated heterocycles. The van der Waals surface area contributed by atoms with E-state index in [4.69, 9.17) is 10.5 Å². The van der Waals surface area contributed by atoms with Crippen molar-refractivity contribution in [2.24, 2.45) is 5.73 Å². The zero-order valence-electron chi connectivity index (χ0n) is 13.3. The Morgan fingerprint density at radius 2 is 2.08 bits per heavy atom. The van der Waals surface area contributed by atoms with Gasteiger partial charge in [-0.15, -0.1) is 0 Å². The molecule has 0 saturated carbocycles. The molecule has 8 heteroatoms. The Bertz CT molecular complexity index is 876. The zero-order valence-corrected chi connectivity index (χ0v) is 15.0. The minimum atomic E-state index is -0.472. The molecule has 24 heavy (non-hydrogen) atoms. The van der Waals surface area contributed by atoms with Crippen molar-refractivity contribution in [2.45, 2.75) is 6.54 Å². The molecule has 0 fully saturated rings. The monoisotopic (exact) mass is 391 g/mol. The fourth-order valence-electron chi connectivity index (χ4n) is 2.51. The Morgan fingerprint density at radius 3 is 2.71 bits per heavy atom. The van der Waals surface area contributed by atoms with Gasteiger partial charge in [0.2, 0.25) is 0 Å². The van der Waals surface area contributed by atoms with Crippen molar-refractivity contribution in [3.8, 4) is 5.75 Å². The molecule has 0 aliphatic carbocycles. The second-order valence-corrected chi connectivity index (χ2v) is 7.26. The molecule has 0 bridgehead atoms. The summed E-state index contributed by atoms with van der Waals surface area (Å²) in [7, 11) is 3.44. The van der Waals surface area contributed by atoms with E-state index >= 15 is 0 Å². The Kier molecular flexibility index (Phi) is 4.69. The predicted molar refractivity (Wildman–Crippen MR) is 94.1 cm³/mol. The van der Waals surface area contributed by atoms with Gasteiger partial charge in [0.25, 0.3) is 0 Å². The normalized spacial score (nSPS) is 10.8. The number of carbonyl (C=O) groups excluding carboxylic acids is 1. The zero-order chi connectivity index (χ0) is 17.1. The third-order valence-corrected chi connectivity index (χ3v) is 5.11. The molecule has 0 spiro atoms. The summed E-state index contributed by atoms with van der Waals surface area (Å²) >= 11 is -0.472. The van der Waals surface area contributed by atoms with E-state index in [0.717, 1.165) is 26.8 Å². The topological polar surface area (TPSA) is 95.1 Å². The summed E-state index contributed by atoms with van der Waals surface area (Å²) in [6.07, 6.45) is 3.45. The van der Waals surface area contributed by atoms with Crippen molar-refractivity contribution in [2.75, 3.05) is 19.5 Å². The second kappa shape index (κ2) is 6.90. The van der Waals surface area contributed by atoms with E-state index in [1.165, 1.54) is 6.33 Å². The summed E-state index contributed by atoms with van der Waals surface area (Å²) in [5.41, 5.74) is 7.29. The molecule has 3 aromatic rings. The van der Waals surface area contributed by atoms with Crippen molar-refractivity contribution in [1.29, 1.82) is 0 Å². The first-order chi connectivity index (χ1) is 11.6. The van der Waals surface area contributed by atoms with Gasteiger partial charge in [-0.1, -0.05) is 0 Å². The van der Waals surface area contributed by atoms with Crippen LogP contribution in [0.2, 0.25) is 0 Å². The summed E-state index contributed by atoms with van der Waals surface area (Å²) in [6, 6.07) is 7.85. The molecule has 1 aromatic carbocycles. The molecule has 3 N–H and O–H groups in total. The molecule has 0 aliphatic rings. The number of nitrogens with two attached hydrogens (primary N) is 1. The first-order valence-corrected chi connectivity index (χ1v) is 8.95. The number of primary amides is 1. The Morgan fingerprint density at radius 1 is 1.33 bits per heavy atom. The van der Waals surface area contributed by atoms with Gasteiger partial charge in [0.1, 0.15) is 0 Å². The summed E-state index contributed by atoms with van der Waals surface area (Å²) in [5, 5.41) is 3.91. The van der Waals surface area contributed by atoms with E-state index in [0.29, 0.717) is 12.4 Å². The molecule has 2 aromatic heterocycles. The fourth-order valence-corrected chi connectivity index (χ4v) is 3.95. The number of carbonyl (C=O) groups is 1. The molecule has 0 radical (unpaired) electrons. The number of rotatable bonds is 6. The average molecular weight is 390 g/mol. The van der Waals surface area contributed by atoms with E-state index in [2.05, 4.69) is 15.3 Å². The molecular weight excluding hydrogens is 373 g/mol. The van der Waals surface area contributed by atoms with Crippen LogP contribution in [0.25, 0.3) is 11.0 Å². The average Bonchev–Trinajstić information content (AvgIpc) is 2.92. The maximum atomic E-state index is 11.4. The van der Waals surface area contributed by atoms with E-state index in [1.807, 2.05) is 35.0 Å². The van der Waals surface area contributed by atoms with Crippen LogP contribution in [0.3, 0.4) is 0 Å². The molecule has 1 amide bonds. The summed E-state index contributed by atoms with van der Waals surface area (Å²) in [4.78, 5) is 19.7. The van der Waals surface area contributed by atoms with Crippen molar-refractivity contribution >= 4 is 41.1 Å². The van der Waals surface area contributed by atoms with Crippen LogP contribution >= 0.6 is 0 Å². The van der Waals surface area contributed by atoms with Crippen LogP contribution in [0, 0.1) is 0 Å². The van der Waals surface area contributed by atoms with Gasteiger partial charge in [-0.25, -0.2) is 0 Å². The first-order valence-electron chi connectivity index (χ1n) is 7.24. The van der Waals surface area contributed by atoms with Gasteiger partial charge in [-0.3, -0.25) is 0 Å². The third-order valence-electron chi connectivity index (χ3n) is 3.58. The van der Waals surface area contributed by atoms with Gasteiger partial charge in [-0.05, 0) is 0 Å². The predicted octanol–water partition coefficient (Wildman–Crippen LogP) is 0.938. The molecule has 0 atom stereocenters. The number of amides is 1. The van der Waals surface area contributed by atoms with E-state index in [-0.39, 0.29) is 4.81 Å². The van der Waals surface area contributed by atoms with Gasteiger partial charge >= 0.3 is 145 Å². The van der Waals surface area contributed by atoms with Crippen LogP contribution < -0.4 is 20.2 Å². The van der Waals surface area contributed by atoms with Gasteiger partial charge in [0.05, 0.1) is 0 Å². The standard InChI is InChI=1S/C16H17N5O2Se/c1-18-14-13-12(24-16(17)22)8-21(15(13)20-9-19-14)7-10-3-5-11(23-2)6-4-10/h3-6,8-9H,7H2,1-2H3,(H2,17,22)(H,18,19,20). The van der Waals surface area contributed by atoms with Gasteiger partial charge < -0.3 is 0 Å². The number of aromatic nitrogens is 3. The number of anilines is 1. The van der Waals surface area contributed by atoms with Crippen LogP contribution in [0.5, 0.6) is 5.75 Å². The number of fused-ring (bicyclic) bond motifs is 1. The van der Waals surface area contributed by atoms with Crippen LogP contribution in [0.15, 0.2) is 36.8 Å². The Labute approximate surface area is 145 Å². The molecule has 2 heterocycles. The molecule has 0 aliphatic heterocycles. The van der Waals surface area contributed by atoms with Gasteiger partial charge in [-0.2, -0.15) is 0 Å². The number of methoxy groups -OCH3 is 1. The second-order valence-electron chi connectivity index (χ2n) is 5.06. The number of hydrogen-bond donors (Lipinski definition) is 2. The number of hydrogen-bond acceptors (Lipinski definition) is 5. The summed E-state index contributed by atoms with van der Waals surface area (Å²) < 4.78 is 8.07. The van der Waals surface area contributed by atoms with E-state index in [9.17, 15) is 4.79 Å². The molecule has 3 rings (SSSR count). The quantitative estimate of drug-likeness (QED) is 0.611. The van der Waals surface area contributed by atoms with Crippen LogP contribution in [0.4, 0.5) is 10.6 Å². The van der Waals surface area contributed by atoms with Crippen LogP contribution in [-0.4, -0.2) is 48.5 Å². The minimum absolute atomic E-state index is 0.322. The van der Waals surface area contributed by atoms with E-state index in [1.54, 1.807) is 14.2 Å². The Balaban J connectivity index is 2.05. The van der Waals surface area contributed by atoms with Crippen molar-refractivity contribution in [3.05, 3.63) is 42.4 Å². The van der Waals surface area contributed by atoms with Gasteiger partial charge in [0, 0.05) is 0 Å². The van der Waals surface area contributed by atoms with Crippen LogP contribution in [0.1, 0.15) is 5.56 Å². The maximum absolute atomic E-state index is 11.4. The van der Waals surface area contributed by atoms with Crippen LogP contribution in [-0.2, 0) is 6.54 Å². The molecule has 124 valence electrons. The van der Waals surface area contributed by atoms with Crippen molar-refractivity contribution < 1.29 is 9.53 Å². The SMILES string of the molecule is CNc1ncnc2c1c([Se]C(N)=O)cn2Cc1ccc(OC)cc1. The molecular formula is C16H17N5O2Se. The summed E-state index contributed by atoms with van der Waals surface area (Å²) in [5.74, 6) is 1.51. The third kappa shape index (κ3) is 3.20. The number of ether oxygens (including phenoxy) is 1. The van der Waals surface area contributed by atoms with Crippen molar-refractivity contribution in [1.82, 2.24) is 14.5 Å². The van der Waals surface area contributed by atoms with Gasteiger partial charge in [0.15, 0.2) is 0 Å². The first kappa shape index (κ1) is 16.3.